The Bertz CT molecular complexity index is 1070. The summed E-state index contributed by atoms with van der Waals surface area (Å²) in [6.07, 6.45) is 4.68. The number of likely N-dealkylation sites (tertiary alicyclic amines) is 1. The van der Waals surface area contributed by atoms with E-state index in [1.54, 1.807) is 17.7 Å². The Hall–Kier alpha value is -2.51. The van der Waals surface area contributed by atoms with E-state index in [9.17, 15) is 4.79 Å². The fourth-order valence-corrected chi connectivity index (χ4v) is 5.91. The number of carbonyl (C=O) groups is 1. The summed E-state index contributed by atoms with van der Waals surface area (Å²) in [6.45, 7) is 3.69. The molecule has 2 aliphatic heterocycles. The van der Waals surface area contributed by atoms with Gasteiger partial charge in [-0.3, -0.25) is 4.79 Å². The van der Waals surface area contributed by atoms with Crippen molar-refractivity contribution in [2.24, 2.45) is 5.92 Å². The van der Waals surface area contributed by atoms with E-state index in [4.69, 9.17) is 4.98 Å². The molecule has 3 aromatic rings. The van der Waals surface area contributed by atoms with Gasteiger partial charge in [0.25, 0.3) is 0 Å². The maximum atomic E-state index is 13.3. The third-order valence-electron chi connectivity index (χ3n) is 6.77. The SMILES string of the molecule is CN1CCC(N(C)C(=O)C2CCCN(c3ncnc4scc(-c5ccccc5)c34)C2)C1. The summed E-state index contributed by atoms with van der Waals surface area (Å²) >= 11 is 1.66. The monoisotopic (exact) mass is 435 g/mol. The van der Waals surface area contributed by atoms with E-state index in [2.05, 4.69) is 51.5 Å². The summed E-state index contributed by atoms with van der Waals surface area (Å²) in [6, 6.07) is 10.8. The number of thiophene rings is 1. The minimum atomic E-state index is 0.0217. The normalized spacial score (nSPS) is 22.2. The van der Waals surface area contributed by atoms with Crippen LogP contribution < -0.4 is 4.90 Å². The Kier molecular flexibility index (Phi) is 5.63. The highest BCUT2D eigenvalue weighted by atomic mass is 32.1. The van der Waals surface area contributed by atoms with Crippen LogP contribution in [0.5, 0.6) is 0 Å². The maximum Gasteiger partial charge on any atom is 0.227 e. The minimum Gasteiger partial charge on any atom is -0.355 e. The average molecular weight is 436 g/mol. The van der Waals surface area contributed by atoms with Crippen molar-refractivity contribution in [3.63, 3.8) is 0 Å². The average Bonchev–Trinajstić information content (AvgIpc) is 3.45. The third kappa shape index (κ3) is 3.92. The number of aromatic nitrogens is 2. The molecule has 5 rings (SSSR count). The summed E-state index contributed by atoms with van der Waals surface area (Å²) in [4.78, 5) is 30.2. The number of rotatable bonds is 4. The molecule has 2 aliphatic rings. The van der Waals surface area contributed by atoms with Gasteiger partial charge in [0.05, 0.1) is 11.3 Å². The molecule has 1 amide bonds. The van der Waals surface area contributed by atoms with Gasteiger partial charge in [0.1, 0.15) is 17.0 Å². The van der Waals surface area contributed by atoms with E-state index < -0.39 is 0 Å². The van der Waals surface area contributed by atoms with Gasteiger partial charge in [-0.15, -0.1) is 11.3 Å². The lowest BCUT2D eigenvalue weighted by atomic mass is 9.95. The molecule has 4 heterocycles. The van der Waals surface area contributed by atoms with Gasteiger partial charge in [0.2, 0.25) is 5.91 Å². The molecule has 0 radical (unpaired) electrons. The van der Waals surface area contributed by atoms with Crippen LogP contribution in [0.4, 0.5) is 5.82 Å². The van der Waals surface area contributed by atoms with Gasteiger partial charge in [-0.25, -0.2) is 9.97 Å². The molecule has 2 aromatic heterocycles. The van der Waals surface area contributed by atoms with Crippen molar-refractivity contribution in [2.75, 3.05) is 45.2 Å². The fraction of sp³-hybridized carbons (Fsp3) is 0.458. The number of carbonyl (C=O) groups excluding carboxylic acids is 1. The molecule has 31 heavy (non-hydrogen) atoms. The molecule has 162 valence electrons. The molecule has 2 atom stereocenters. The van der Waals surface area contributed by atoms with E-state index in [1.807, 2.05) is 18.0 Å². The number of likely N-dealkylation sites (N-methyl/N-ethyl adjacent to an activating group) is 2. The molecule has 0 aliphatic carbocycles. The van der Waals surface area contributed by atoms with Crippen molar-refractivity contribution in [3.8, 4) is 11.1 Å². The first-order valence-corrected chi connectivity index (χ1v) is 12.0. The molecule has 0 N–H and O–H groups in total. The lowest BCUT2D eigenvalue weighted by Gasteiger charge is -2.36. The van der Waals surface area contributed by atoms with E-state index in [-0.39, 0.29) is 11.8 Å². The molecule has 0 saturated carbocycles. The lowest BCUT2D eigenvalue weighted by Crippen LogP contribution is -2.47. The van der Waals surface area contributed by atoms with Crippen LogP contribution in [0, 0.1) is 5.92 Å². The zero-order valence-electron chi connectivity index (χ0n) is 18.2. The van der Waals surface area contributed by atoms with Crippen LogP contribution in [-0.4, -0.2) is 72.0 Å². The van der Waals surface area contributed by atoms with Crippen molar-refractivity contribution in [2.45, 2.75) is 25.3 Å². The van der Waals surface area contributed by atoms with Crippen molar-refractivity contribution < 1.29 is 4.79 Å². The Morgan fingerprint density at radius 2 is 1.97 bits per heavy atom. The molecule has 1 aromatic carbocycles. The zero-order valence-corrected chi connectivity index (χ0v) is 19.0. The van der Waals surface area contributed by atoms with E-state index in [0.717, 1.165) is 61.5 Å². The Balaban J connectivity index is 1.42. The van der Waals surface area contributed by atoms with Crippen LogP contribution in [0.25, 0.3) is 21.3 Å². The van der Waals surface area contributed by atoms with E-state index >= 15 is 0 Å². The summed E-state index contributed by atoms with van der Waals surface area (Å²) in [7, 11) is 4.12. The second-order valence-corrected chi connectivity index (χ2v) is 9.69. The molecular weight excluding hydrogens is 406 g/mol. The Morgan fingerprint density at radius 1 is 1.13 bits per heavy atom. The second-order valence-electron chi connectivity index (χ2n) is 8.83. The van der Waals surface area contributed by atoms with Crippen LogP contribution in [0.2, 0.25) is 0 Å². The number of anilines is 1. The number of fused-ring (bicyclic) bond motifs is 1. The van der Waals surface area contributed by atoms with Crippen LogP contribution in [-0.2, 0) is 4.79 Å². The topological polar surface area (TPSA) is 52.6 Å². The Labute approximate surface area is 187 Å². The van der Waals surface area contributed by atoms with Crippen molar-refractivity contribution in [1.82, 2.24) is 19.8 Å². The van der Waals surface area contributed by atoms with Gasteiger partial charge >= 0.3 is 0 Å². The van der Waals surface area contributed by atoms with Crippen LogP contribution in [0.1, 0.15) is 19.3 Å². The highest BCUT2D eigenvalue weighted by molar-refractivity contribution is 7.17. The lowest BCUT2D eigenvalue weighted by molar-refractivity contribution is -0.136. The number of amides is 1. The number of hydrogen-bond donors (Lipinski definition) is 0. The first-order valence-electron chi connectivity index (χ1n) is 11.1. The maximum absolute atomic E-state index is 13.3. The first kappa shape index (κ1) is 20.4. The highest BCUT2D eigenvalue weighted by Crippen LogP contribution is 2.39. The number of benzene rings is 1. The van der Waals surface area contributed by atoms with Crippen molar-refractivity contribution >= 4 is 33.3 Å². The molecule has 2 fully saturated rings. The first-order chi connectivity index (χ1) is 15.1. The van der Waals surface area contributed by atoms with Gasteiger partial charge < -0.3 is 14.7 Å². The van der Waals surface area contributed by atoms with Gasteiger partial charge in [-0.1, -0.05) is 30.3 Å². The predicted molar refractivity (Wildman–Crippen MR) is 126 cm³/mol. The molecular formula is C24H29N5OS. The molecule has 2 saturated heterocycles. The van der Waals surface area contributed by atoms with Gasteiger partial charge in [0.15, 0.2) is 0 Å². The zero-order chi connectivity index (χ0) is 21.4. The largest absolute Gasteiger partial charge is 0.355 e. The molecule has 7 heteroatoms. The van der Waals surface area contributed by atoms with Gasteiger partial charge in [-0.2, -0.15) is 0 Å². The second kappa shape index (κ2) is 8.55. The van der Waals surface area contributed by atoms with Gasteiger partial charge in [0, 0.05) is 43.7 Å². The minimum absolute atomic E-state index is 0.0217. The van der Waals surface area contributed by atoms with Crippen molar-refractivity contribution in [3.05, 3.63) is 42.0 Å². The van der Waals surface area contributed by atoms with Gasteiger partial charge in [-0.05, 0) is 38.4 Å². The Morgan fingerprint density at radius 3 is 2.74 bits per heavy atom. The number of piperidine rings is 1. The molecule has 6 nitrogen and oxygen atoms in total. The standard InChI is InChI=1S/C24H29N5OS/c1-27-12-10-19(14-27)28(2)24(30)18-9-6-11-29(13-18)22-21-20(17-7-4-3-5-8-17)15-31-23(21)26-16-25-22/h3-5,7-8,15-16,18-19H,6,9-14H2,1-2H3. The third-order valence-corrected chi connectivity index (χ3v) is 7.65. The highest BCUT2D eigenvalue weighted by Gasteiger charge is 2.34. The van der Waals surface area contributed by atoms with Crippen molar-refractivity contribution in [1.29, 1.82) is 0 Å². The summed E-state index contributed by atoms with van der Waals surface area (Å²) in [5, 5.41) is 3.28. The number of nitrogens with zero attached hydrogens (tertiary/aromatic N) is 5. The molecule has 0 bridgehead atoms. The van der Waals surface area contributed by atoms with E-state index in [1.165, 1.54) is 11.1 Å². The summed E-state index contributed by atoms with van der Waals surface area (Å²) < 4.78 is 0. The van der Waals surface area contributed by atoms with Crippen LogP contribution >= 0.6 is 11.3 Å². The fourth-order valence-electron chi connectivity index (χ4n) is 5.00. The van der Waals surface area contributed by atoms with Crippen LogP contribution in [0.15, 0.2) is 42.0 Å². The molecule has 0 spiro atoms. The smallest absolute Gasteiger partial charge is 0.227 e. The summed E-state index contributed by atoms with van der Waals surface area (Å²) in [5.74, 6) is 1.27. The molecule has 2 unspecified atom stereocenters. The predicted octanol–water partition coefficient (Wildman–Crippen LogP) is 3.74. The number of hydrogen-bond acceptors (Lipinski definition) is 6. The quantitative estimate of drug-likeness (QED) is 0.625. The summed E-state index contributed by atoms with van der Waals surface area (Å²) in [5.41, 5.74) is 2.36. The van der Waals surface area contributed by atoms with E-state index in [0.29, 0.717) is 6.04 Å². The van der Waals surface area contributed by atoms with Crippen LogP contribution in [0.3, 0.4) is 0 Å².